The minimum atomic E-state index is -0.459. The van der Waals surface area contributed by atoms with Crippen molar-refractivity contribution >= 4 is 22.7 Å². The lowest BCUT2D eigenvalue weighted by molar-refractivity contribution is -0.115. The predicted octanol–water partition coefficient (Wildman–Crippen LogP) is 2.99. The molecule has 2 heterocycles. The second-order valence-corrected chi connectivity index (χ2v) is 5.53. The van der Waals surface area contributed by atoms with E-state index in [0.29, 0.717) is 17.0 Å². The second kappa shape index (κ2) is 6.04. The van der Waals surface area contributed by atoms with Crippen molar-refractivity contribution < 1.29 is 9.21 Å². The number of hydrogen-bond acceptors (Lipinski definition) is 4. The first-order valence-electron chi connectivity index (χ1n) is 7.27. The average Bonchev–Trinajstić information content (AvgIpc) is 2.46. The average molecular weight is 308 g/mol. The summed E-state index contributed by atoms with van der Waals surface area (Å²) in [5.74, 6) is 0.272. The molecule has 3 rings (SSSR count). The summed E-state index contributed by atoms with van der Waals surface area (Å²) in [4.78, 5) is 28.0. The monoisotopic (exact) mass is 308 g/mol. The van der Waals surface area contributed by atoms with E-state index in [4.69, 9.17) is 4.42 Å². The van der Waals surface area contributed by atoms with Crippen LogP contribution < -0.4 is 10.9 Å². The van der Waals surface area contributed by atoms with Gasteiger partial charge >= 0.3 is 5.63 Å². The highest BCUT2D eigenvalue weighted by molar-refractivity contribution is 5.94. The van der Waals surface area contributed by atoms with Crippen LogP contribution in [0.5, 0.6) is 0 Å². The molecule has 1 aromatic carbocycles. The van der Waals surface area contributed by atoms with Crippen LogP contribution in [0.25, 0.3) is 11.0 Å². The van der Waals surface area contributed by atoms with E-state index in [9.17, 15) is 9.59 Å². The summed E-state index contributed by atoms with van der Waals surface area (Å²) in [7, 11) is 0. The van der Waals surface area contributed by atoms with Gasteiger partial charge in [-0.1, -0.05) is 12.1 Å². The highest BCUT2D eigenvalue weighted by Crippen LogP contribution is 2.19. The molecule has 0 aliphatic heterocycles. The van der Waals surface area contributed by atoms with E-state index in [1.165, 1.54) is 6.07 Å². The number of nitrogens with one attached hydrogen (secondary N) is 1. The minimum absolute atomic E-state index is 0.0841. The van der Waals surface area contributed by atoms with Crippen molar-refractivity contribution in [1.29, 1.82) is 0 Å². The molecule has 2 aromatic heterocycles. The van der Waals surface area contributed by atoms with Crippen LogP contribution in [-0.4, -0.2) is 10.9 Å². The zero-order valence-corrected chi connectivity index (χ0v) is 12.9. The number of amides is 1. The number of aryl methyl sites for hydroxylation is 2. The molecule has 3 aromatic rings. The molecule has 0 aliphatic carbocycles. The van der Waals surface area contributed by atoms with Crippen molar-refractivity contribution in [1.82, 2.24) is 4.98 Å². The lowest BCUT2D eigenvalue weighted by Crippen LogP contribution is -2.16. The third-order valence-electron chi connectivity index (χ3n) is 3.52. The molecule has 0 radical (unpaired) electrons. The first-order valence-corrected chi connectivity index (χ1v) is 7.27. The van der Waals surface area contributed by atoms with Gasteiger partial charge in [0.25, 0.3) is 0 Å². The SMILES string of the molecule is Cc1ccnc(NC(=O)Cc2cc(=O)oc3cc(C)ccc23)c1. The number of aromatic nitrogens is 1. The van der Waals surface area contributed by atoms with Crippen molar-refractivity contribution in [2.24, 2.45) is 0 Å². The Labute approximate surface area is 133 Å². The van der Waals surface area contributed by atoms with Crippen molar-refractivity contribution in [3.8, 4) is 0 Å². The molecule has 116 valence electrons. The van der Waals surface area contributed by atoms with Crippen LogP contribution in [0.4, 0.5) is 5.82 Å². The molecule has 0 bridgehead atoms. The molecule has 0 atom stereocenters. The number of benzene rings is 1. The van der Waals surface area contributed by atoms with E-state index in [2.05, 4.69) is 10.3 Å². The van der Waals surface area contributed by atoms with Crippen LogP contribution in [0, 0.1) is 13.8 Å². The Morgan fingerprint density at radius 1 is 1.13 bits per heavy atom. The zero-order valence-electron chi connectivity index (χ0n) is 12.9. The summed E-state index contributed by atoms with van der Waals surface area (Å²) in [5.41, 5.74) is 2.68. The Morgan fingerprint density at radius 2 is 1.91 bits per heavy atom. The second-order valence-electron chi connectivity index (χ2n) is 5.53. The molecule has 5 nitrogen and oxygen atoms in total. The number of carbonyl (C=O) groups excluding carboxylic acids is 1. The molecule has 0 fully saturated rings. The lowest BCUT2D eigenvalue weighted by atomic mass is 10.1. The van der Waals surface area contributed by atoms with Gasteiger partial charge in [0.2, 0.25) is 5.91 Å². The molecule has 0 unspecified atom stereocenters. The van der Waals surface area contributed by atoms with E-state index in [1.54, 1.807) is 18.3 Å². The fourth-order valence-corrected chi connectivity index (χ4v) is 2.45. The third-order valence-corrected chi connectivity index (χ3v) is 3.52. The van der Waals surface area contributed by atoms with Gasteiger partial charge in [-0.05, 0) is 48.7 Å². The first-order chi connectivity index (χ1) is 11.0. The van der Waals surface area contributed by atoms with Gasteiger partial charge in [0.05, 0.1) is 6.42 Å². The van der Waals surface area contributed by atoms with E-state index in [0.717, 1.165) is 16.5 Å². The van der Waals surface area contributed by atoms with E-state index in [1.807, 2.05) is 32.0 Å². The number of hydrogen-bond donors (Lipinski definition) is 1. The van der Waals surface area contributed by atoms with Crippen LogP contribution in [0.15, 0.2) is 51.8 Å². The molecular weight excluding hydrogens is 292 g/mol. The molecule has 0 spiro atoms. The summed E-state index contributed by atoms with van der Waals surface area (Å²) >= 11 is 0. The van der Waals surface area contributed by atoms with Gasteiger partial charge in [0.1, 0.15) is 11.4 Å². The number of pyridine rings is 1. The highest BCUT2D eigenvalue weighted by Gasteiger charge is 2.11. The van der Waals surface area contributed by atoms with Gasteiger partial charge in [-0.15, -0.1) is 0 Å². The Hall–Kier alpha value is -2.95. The lowest BCUT2D eigenvalue weighted by Gasteiger charge is -2.07. The van der Waals surface area contributed by atoms with Crippen LogP contribution in [0.3, 0.4) is 0 Å². The number of carbonyl (C=O) groups is 1. The topological polar surface area (TPSA) is 72.2 Å². The molecule has 1 amide bonds. The Morgan fingerprint density at radius 3 is 2.70 bits per heavy atom. The van der Waals surface area contributed by atoms with Crippen LogP contribution in [-0.2, 0) is 11.2 Å². The zero-order chi connectivity index (χ0) is 16.4. The molecule has 0 aliphatic rings. The van der Waals surface area contributed by atoms with Gasteiger partial charge in [-0.3, -0.25) is 4.79 Å². The summed E-state index contributed by atoms with van der Waals surface area (Å²) in [5, 5.41) is 3.51. The van der Waals surface area contributed by atoms with Gasteiger partial charge in [0, 0.05) is 17.6 Å². The third kappa shape index (κ3) is 3.45. The summed E-state index contributed by atoms with van der Waals surface area (Å²) < 4.78 is 5.20. The molecule has 5 heteroatoms. The summed E-state index contributed by atoms with van der Waals surface area (Å²) in [6, 6.07) is 10.6. The molecule has 23 heavy (non-hydrogen) atoms. The summed E-state index contributed by atoms with van der Waals surface area (Å²) in [6.07, 6.45) is 1.72. The minimum Gasteiger partial charge on any atom is -0.423 e. The quantitative estimate of drug-likeness (QED) is 0.755. The van der Waals surface area contributed by atoms with Gasteiger partial charge in [-0.2, -0.15) is 0 Å². The molecule has 0 saturated heterocycles. The maximum Gasteiger partial charge on any atom is 0.336 e. The van der Waals surface area contributed by atoms with E-state index < -0.39 is 5.63 Å². The van der Waals surface area contributed by atoms with Gasteiger partial charge < -0.3 is 9.73 Å². The van der Waals surface area contributed by atoms with Crippen molar-refractivity contribution in [3.05, 3.63) is 69.7 Å². The van der Waals surface area contributed by atoms with Gasteiger partial charge in [-0.25, -0.2) is 9.78 Å². The summed E-state index contributed by atoms with van der Waals surface area (Å²) in [6.45, 7) is 3.85. The largest absolute Gasteiger partial charge is 0.423 e. The van der Waals surface area contributed by atoms with E-state index >= 15 is 0 Å². The smallest absolute Gasteiger partial charge is 0.336 e. The van der Waals surface area contributed by atoms with Crippen LogP contribution >= 0.6 is 0 Å². The standard InChI is InChI=1S/C18H16N2O3/c1-11-3-4-14-13(10-18(22)23-15(14)7-11)9-17(21)20-16-8-12(2)5-6-19-16/h3-8,10H,9H2,1-2H3,(H,19,20,21). The molecule has 0 saturated carbocycles. The Kier molecular flexibility index (Phi) is 3.93. The number of fused-ring (bicyclic) bond motifs is 1. The van der Waals surface area contributed by atoms with Crippen LogP contribution in [0.1, 0.15) is 16.7 Å². The molecule has 1 N–H and O–H groups in total. The van der Waals surface area contributed by atoms with Crippen molar-refractivity contribution in [2.75, 3.05) is 5.32 Å². The number of anilines is 1. The van der Waals surface area contributed by atoms with E-state index in [-0.39, 0.29) is 12.3 Å². The Bertz CT molecular complexity index is 944. The first kappa shape index (κ1) is 15.0. The highest BCUT2D eigenvalue weighted by atomic mass is 16.4. The fourth-order valence-electron chi connectivity index (χ4n) is 2.45. The maximum absolute atomic E-state index is 12.2. The van der Waals surface area contributed by atoms with Crippen molar-refractivity contribution in [2.45, 2.75) is 20.3 Å². The number of rotatable bonds is 3. The van der Waals surface area contributed by atoms with Crippen LogP contribution in [0.2, 0.25) is 0 Å². The maximum atomic E-state index is 12.2. The Balaban J connectivity index is 1.89. The predicted molar refractivity (Wildman–Crippen MR) is 88.5 cm³/mol. The normalized spacial score (nSPS) is 10.7. The fraction of sp³-hybridized carbons (Fsp3) is 0.167. The number of nitrogens with zero attached hydrogens (tertiary/aromatic N) is 1. The van der Waals surface area contributed by atoms with Crippen molar-refractivity contribution in [3.63, 3.8) is 0 Å². The van der Waals surface area contributed by atoms with Gasteiger partial charge in [0.15, 0.2) is 0 Å². The molecular formula is C18H16N2O3.